The van der Waals surface area contributed by atoms with Crippen LogP contribution >= 0.6 is 11.6 Å². The highest BCUT2D eigenvalue weighted by Gasteiger charge is 2.28. The number of ether oxygens (including phenoxy) is 1. The number of carbonyl (C=O) groups excluding carboxylic acids is 2. The lowest BCUT2D eigenvalue weighted by molar-refractivity contribution is 0.0799. The molecule has 2 amide bonds. The van der Waals surface area contributed by atoms with Crippen LogP contribution in [0, 0.1) is 5.41 Å². The van der Waals surface area contributed by atoms with Gasteiger partial charge in [-0.05, 0) is 17.5 Å². The van der Waals surface area contributed by atoms with Crippen LogP contribution in [0.1, 0.15) is 31.3 Å². The largest absolute Gasteiger partial charge is 0.448 e. The minimum atomic E-state index is -0.880. The Morgan fingerprint density at radius 3 is 2.65 bits per heavy atom. The standard InChI is InChI=1S/C13H18ClN3O3/c1-13(2,3)10(7-20-12(15)19)17-11(18)9-6-8(14)4-5-16-9/h4-6,10H,7H2,1-3H3,(H2,15,19)(H,17,18). The Morgan fingerprint density at radius 1 is 1.50 bits per heavy atom. The van der Waals surface area contributed by atoms with Gasteiger partial charge < -0.3 is 15.8 Å². The SMILES string of the molecule is CC(C)(C)C(COC(N)=O)NC(=O)c1cc(Cl)ccn1. The Labute approximate surface area is 122 Å². The van der Waals surface area contributed by atoms with E-state index in [9.17, 15) is 9.59 Å². The first-order valence-corrected chi connectivity index (χ1v) is 6.42. The normalized spacial score (nSPS) is 12.6. The van der Waals surface area contributed by atoms with E-state index in [1.807, 2.05) is 20.8 Å². The van der Waals surface area contributed by atoms with Crippen LogP contribution in [0.25, 0.3) is 0 Å². The monoisotopic (exact) mass is 299 g/mol. The zero-order chi connectivity index (χ0) is 15.3. The maximum Gasteiger partial charge on any atom is 0.404 e. The fourth-order valence-corrected chi connectivity index (χ4v) is 1.59. The molecule has 1 aromatic heterocycles. The number of halogens is 1. The molecule has 6 nitrogen and oxygen atoms in total. The van der Waals surface area contributed by atoms with Gasteiger partial charge in [0.05, 0.1) is 6.04 Å². The number of nitrogens with two attached hydrogens (primary N) is 1. The average Bonchev–Trinajstić information content (AvgIpc) is 2.32. The molecule has 1 heterocycles. The topological polar surface area (TPSA) is 94.3 Å². The smallest absolute Gasteiger partial charge is 0.404 e. The van der Waals surface area contributed by atoms with E-state index in [0.717, 1.165) is 0 Å². The molecule has 1 atom stereocenters. The lowest BCUT2D eigenvalue weighted by atomic mass is 9.87. The summed E-state index contributed by atoms with van der Waals surface area (Å²) in [7, 11) is 0. The maximum absolute atomic E-state index is 12.1. The van der Waals surface area contributed by atoms with Crippen molar-refractivity contribution >= 4 is 23.6 Å². The van der Waals surface area contributed by atoms with Crippen molar-refractivity contribution in [2.45, 2.75) is 26.8 Å². The van der Waals surface area contributed by atoms with Crippen LogP contribution in [0.3, 0.4) is 0 Å². The number of carbonyl (C=O) groups is 2. The molecule has 0 saturated carbocycles. The number of primary amides is 1. The van der Waals surface area contributed by atoms with Crippen LogP contribution in [0.4, 0.5) is 4.79 Å². The van der Waals surface area contributed by atoms with Crippen LogP contribution in [-0.2, 0) is 4.74 Å². The Balaban J connectivity index is 2.79. The molecule has 0 bridgehead atoms. The summed E-state index contributed by atoms with van der Waals surface area (Å²) in [5, 5.41) is 3.19. The van der Waals surface area contributed by atoms with Crippen LogP contribution in [0.15, 0.2) is 18.3 Å². The summed E-state index contributed by atoms with van der Waals surface area (Å²) in [6.45, 7) is 5.72. The van der Waals surface area contributed by atoms with Crippen LogP contribution < -0.4 is 11.1 Å². The fourth-order valence-electron chi connectivity index (χ4n) is 1.43. The molecule has 1 rings (SSSR count). The number of hydrogen-bond acceptors (Lipinski definition) is 4. The molecule has 0 fully saturated rings. The molecule has 0 aliphatic carbocycles. The second kappa shape index (κ2) is 6.56. The van der Waals surface area contributed by atoms with E-state index >= 15 is 0 Å². The van der Waals surface area contributed by atoms with Crippen molar-refractivity contribution < 1.29 is 14.3 Å². The highest BCUT2D eigenvalue weighted by molar-refractivity contribution is 6.30. The minimum Gasteiger partial charge on any atom is -0.448 e. The maximum atomic E-state index is 12.1. The van der Waals surface area contributed by atoms with E-state index in [0.29, 0.717) is 5.02 Å². The zero-order valence-electron chi connectivity index (χ0n) is 11.6. The molecule has 7 heteroatoms. The van der Waals surface area contributed by atoms with Gasteiger partial charge in [-0.3, -0.25) is 9.78 Å². The van der Waals surface area contributed by atoms with Gasteiger partial charge in [0.25, 0.3) is 5.91 Å². The van der Waals surface area contributed by atoms with E-state index in [4.69, 9.17) is 22.1 Å². The molecule has 110 valence electrons. The predicted molar refractivity (Wildman–Crippen MR) is 75.5 cm³/mol. The summed E-state index contributed by atoms with van der Waals surface area (Å²) < 4.78 is 4.77. The van der Waals surface area contributed by atoms with Crippen molar-refractivity contribution in [3.8, 4) is 0 Å². The Hall–Kier alpha value is -1.82. The van der Waals surface area contributed by atoms with Gasteiger partial charge >= 0.3 is 6.09 Å². The molecule has 0 aliphatic heterocycles. The molecular weight excluding hydrogens is 282 g/mol. The lowest BCUT2D eigenvalue weighted by Crippen LogP contribution is -2.47. The van der Waals surface area contributed by atoms with Gasteiger partial charge in [-0.15, -0.1) is 0 Å². The predicted octanol–water partition coefficient (Wildman–Crippen LogP) is 1.97. The summed E-state index contributed by atoms with van der Waals surface area (Å²) in [4.78, 5) is 26.7. The molecule has 1 aromatic rings. The number of amides is 2. The summed E-state index contributed by atoms with van der Waals surface area (Å²) in [5.74, 6) is -0.388. The van der Waals surface area contributed by atoms with E-state index in [1.54, 1.807) is 6.07 Å². The van der Waals surface area contributed by atoms with Crippen molar-refractivity contribution in [2.24, 2.45) is 11.1 Å². The molecule has 1 unspecified atom stereocenters. The van der Waals surface area contributed by atoms with Gasteiger partial charge in [0, 0.05) is 11.2 Å². The van der Waals surface area contributed by atoms with E-state index < -0.39 is 12.1 Å². The summed E-state index contributed by atoms with van der Waals surface area (Å²) in [5.41, 5.74) is 4.83. The minimum absolute atomic E-state index is 0.00879. The summed E-state index contributed by atoms with van der Waals surface area (Å²) in [6.07, 6.45) is 0.567. The fraction of sp³-hybridized carbons (Fsp3) is 0.462. The molecule has 0 radical (unpaired) electrons. The highest BCUT2D eigenvalue weighted by Crippen LogP contribution is 2.20. The third-order valence-corrected chi connectivity index (χ3v) is 2.93. The summed E-state index contributed by atoms with van der Waals surface area (Å²) in [6, 6.07) is 2.64. The van der Waals surface area contributed by atoms with Crippen molar-refractivity contribution in [2.75, 3.05) is 6.61 Å². The number of hydrogen-bond donors (Lipinski definition) is 2. The Bertz CT molecular complexity index is 500. The van der Waals surface area contributed by atoms with Gasteiger partial charge in [0.15, 0.2) is 0 Å². The van der Waals surface area contributed by atoms with Crippen molar-refractivity contribution in [3.05, 3.63) is 29.0 Å². The van der Waals surface area contributed by atoms with Gasteiger partial charge in [0.2, 0.25) is 0 Å². The van der Waals surface area contributed by atoms with Crippen molar-refractivity contribution in [1.29, 1.82) is 0 Å². The quantitative estimate of drug-likeness (QED) is 0.888. The van der Waals surface area contributed by atoms with Gasteiger partial charge in [-0.2, -0.15) is 0 Å². The van der Waals surface area contributed by atoms with Crippen LogP contribution in [0.5, 0.6) is 0 Å². The van der Waals surface area contributed by atoms with E-state index in [2.05, 4.69) is 10.3 Å². The third-order valence-electron chi connectivity index (χ3n) is 2.70. The number of nitrogens with zero attached hydrogens (tertiary/aromatic N) is 1. The number of nitrogens with one attached hydrogen (secondary N) is 1. The Kier molecular flexibility index (Phi) is 5.33. The zero-order valence-corrected chi connectivity index (χ0v) is 12.4. The number of pyridine rings is 1. The second-order valence-electron chi connectivity index (χ2n) is 5.38. The van der Waals surface area contributed by atoms with Gasteiger partial charge in [0.1, 0.15) is 12.3 Å². The lowest BCUT2D eigenvalue weighted by Gasteiger charge is -2.30. The van der Waals surface area contributed by atoms with Gasteiger partial charge in [-0.1, -0.05) is 32.4 Å². The first-order valence-electron chi connectivity index (χ1n) is 6.05. The molecule has 0 saturated heterocycles. The molecular formula is C13H18ClN3O3. The molecule has 0 spiro atoms. The first-order chi connectivity index (χ1) is 9.20. The van der Waals surface area contributed by atoms with Crippen LogP contribution in [-0.4, -0.2) is 29.6 Å². The van der Waals surface area contributed by atoms with E-state index in [-0.39, 0.29) is 23.6 Å². The van der Waals surface area contributed by atoms with Crippen molar-refractivity contribution in [1.82, 2.24) is 10.3 Å². The molecule has 3 N–H and O–H groups in total. The van der Waals surface area contributed by atoms with E-state index in [1.165, 1.54) is 12.3 Å². The first kappa shape index (κ1) is 16.2. The van der Waals surface area contributed by atoms with Crippen molar-refractivity contribution in [3.63, 3.8) is 0 Å². The molecule has 20 heavy (non-hydrogen) atoms. The highest BCUT2D eigenvalue weighted by atomic mass is 35.5. The second-order valence-corrected chi connectivity index (χ2v) is 5.82. The molecule has 0 aliphatic rings. The average molecular weight is 300 g/mol. The third kappa shape index (κ3) is 5.05. The molecule has 0 aromatic carbocycles. The summed E-state index contributed by atoms with van der Waals surface area (Å²) >= 11 is 5.81. The Morgan fingerprint density at radius 2 is 2.15 bits per heavy atom. The van der Waals surface area contributed by atoms with Crippen LogP contribution in [0.2, 0.25) is 5.02 Å². The number of rotatable bonds is 4. The van der Waals surface area contributed by atoms with Gasteiger partial charge in [-0.25, -0.2) is 4.79 Å². The number of aromatic nitrogens is 1.